The minimum absolute atomic E-state index is 0.0963. The van der Waals surface area contributed by atoms with E-state index in [4.69, 9.17) is 5.11 Å². The Morgan fingerprint density at radius 3 is 2.44 bits per heavy atom. The van der Waals surface area contributed by atoms with Gasteiger partial charge in [-0.05, 0) is 47.4 Å². The van der Waals surface area contributed by atoms with Crippen molar-refractivity contribution in [3.05, 3.63) is 65.7 Å². The number of aliphatic hydroxyl groups excluding tert-OH is 1. The molecule has 0 fully saturated rings. The van der Waals surface area contributed by atoms with Crippen molar-refractivity contribution in [2.24, 2.45) is 0 Å². The van der Waals surface area contributed by atoms with Crippen LogP contribution in [0.3, 0.4) is 0 Å². The molecule has 0 heterocycles. The van der Waals surface area contributed by atoms with Crippen LogP contribution in [-0.4, -0.2) is 25.9 Å². The van der Waals surface area contributed by atoms with Gasteiger partial charge in [-0.3, -0.25) is 9.52 Å². The van der Waals surface area contributed by atoms with Crippen LogP contribution in [0.1, 0.15) is 30.9 Å². The summed E-state index contributed by atoms with van der Waals surface area (Å²) in [6.07, 6.45) is 2.68. The predicted molar refractivity (Wildman–Crippen MR) is 98.9 cm³/mol. The zero-order valence-electron chi connectivity index (χ0n) is 14.1. The first kappa shape index (κ1) is 18.9. The van der Waals surface area contributed by atoms with Crippen molar-refractivity contribution in [3.8, 4) is 0 Å². The molecular formula is C19H21NO4S. The molecule has 0 atom stereocenters. The van der Waals surface area contributed by atoms with E-state index in [1.165, 1.54) is 24.3 Å². The van der Waals surface area contributed by atoms with Crippen LogP contribution in [0.25, 0.3) is 6.08 Å². The number of ketones is 1. The fourth-order valence-corrected chi connectivity index (χ4v) is 3.29. The van der Waals surface area contributed by atoms with Crippen molar-refractivity contribution in [3.63, 3.8) is 0 Å². The molecule has 0 saturated heterocycles. The van der Waals surface area contributed by atoms with Crippen molar-refractivity contribution in [1.82, 2.24) is 0 Å². The van der Waals surface area contributed by atoms with Gasteiger partial charge in [0.15, 0.2) is 5.78 Å². The molecule has 0 aliphatic rings. The Morgan fingerprint density at radius 1 is 1.16 bits per heavy atom. The first-order valence-electron chi connectivity index (χ1n) is 7.86. The third kappa shape index (κ3) is 5.27. The summed E-state index contributed by atoms with van der Waals surface area (Å²) in [4.78, 5) is 11.2. The number of sulfonamides is 1. The number of aliphatic hydroxyl groups is 1. The van der Waals surface area contributed by atoms with Gasteiger partial charge >= 0.3 is 0 Å². The average Bonchev–Trinajstić information content (AvgIpc) is 2.60. The topological polar surface area (TPSA) is 83.5 Å². The van der Waals surface area contributed by atoms with E-state index >= 15 is 0 Å². The van der Waals surface area contributed by atoms with Gasteiger partial charge in [-0.2, -0.15) is 0 Å². The molecule has 2 rings (SSSR count). The maximum atomic E-state index is 12.5. The fourth-order valence-electron chi connectivity index (χ4n) is 2.18. The largest absolute Gasteiger partial charge is 0.388 e. The molecule has 2 N–H and O–H groups in total. The summed E-state index contributed by atoms with van der Waals surface area (Å²) in [6.45, 7) is 3.56. The lowest BCUT2D eigenvalue weighted by Gasteiger charge is -2.10. The molecule has 2 aromatic rings. The highest BCUT2D eigenvalue weighted by Gasteiger charge is 2.14. The van der Waals surface area contributed by atoms with Crippen LogP contribution in [0.2, 0.25) is 0 Å². The number of anilines is 1. The Balaban J connectivity index is 2.21. The van der Waals surface area contributed by atoms with Gasteiger partial charge in [0.1, 0.15) is 6.61 Å². The molecular weight excluding hydrogens is 338 g/mol. The summed E-state index contributed by atoms with van der Waals surface area (Å²) >= 11 is 0. The zero-order chi connectivity index (χ0) is 18.4. The molecule has 0 aliphatic carbocycles. The van der Waals surface area contributed by atoms with Crippen LogP contribution in [0, 0.1) is 0 Å². The van der Waals surface area contributed by atoms with Crippen LogP contribution in [0.4, 0.5) is 5.69 Å². The standard InChI is InChI=1S/C19H21NO4S/c1-14(2)16-7-9-17(10-8-16)20-25(23,24)19-5-3-4-15(12-19)6-11-18(22)13-21/h3-12,14,20-21H,13H2,1-2H3/b11-6+. The van der Waals surface area contributed by atoms with Crippen molar-refractivity contribution in [2.75, 3.05) is 11.3 Å². The molecule has 0 aromatic heterocycles. The zero-order valence-corrected chi connectivity index (χ0v) is 15.0. The molecule has 0 bridgehead atoms. The van der Waals surface area contributed by atoms with Crippen LogP contribution in [-0.2, 0) is 14.8 Å². The lowest BCUT2D eigenvalue weighted by molar-refractivity contribution is -0.117. The van der Waals surface area contributed by atoms with E-state index in [1.807, 2.05) is 12.1 Å². The second-order valence-electron chi connectivity index (χ2n) is 5.91. The van der Waals surface area contributed by atoms with Crippen LogP contribution in [0.5, 0.6) is 0 Å². The molecule has 0 unspecified atom stereocenters. The highest BCUT2D eigenvalue weighted by atomic mass is 32.2. The van der Waals surface area contributed by atoms with E-state index in [1.54, 1.807) is 24.3 Å². The molecule has 132 valence electrons. The number of nitrogens with one attached hydrogen (secondary N) is 1. The first-order chi connectivity index (χ1) is 11.8. The SMILES string of the molecule is CC(C)c1ccc(NS(=O)(=O)c2cccc(/C=C/C(=O)CO)c2)cc1. The van der Waals surface area contributed by atoms with E-state index in [0.717, 1.165) is 5.56 Å². The monoisotopic (exact) mass is 359 g/mol. The van der Waals surface area contributed by atoms with Gasteiger partial charge < -0.3 is 5.11 Å². The molecule has 0 radical (unpaired) electrons. The molecule has 25 heavy (non-hydrogen) atoms. The van der Waals surface area contributed by atoms with E-state index < -0.39 is 22.4 Å². The second kappa shape index (κ2) is 8.09. The number of hydrogen-bond donors (Lipinski definition) is 2. The predicted octanol–water partition coefficient (Wildman–Crippen LogP) is 3.19. The summed E-state index contributed by atoms with van der Waals surface area (Å²) < 4.78 is 27.6. The average molecular weight is 359 g/mol. The quantitative estimate of drug-likeness (QED) is 0.744. The third-order valence-electron chi connectivity index (χ3n) is 3.62. The van der Waals surface area contributed by atoms with Gasteiger partial charge in [0, 0.05) is 5.69 Å². The van der Waals surface area contributed by atoms with Gasteiger partial charge in [-0.15, -0.1) is 0 Å². The molecule has 2 aromatic carbocycles. The summed E-state index contributed by atoms with van der Waals surface area (Å²) in [7, 11) is -3.73. The number of hydrogen-bond acceptors (Lipinski definition) is 4. The molecule has 0 amide bonds. The van der Waals surface area contributed by atoms with Gasteiger partial charge in [0.25, 0.3) is 10.0 Å². The molecule has 6 heteroatoms. The Hall–Kier alpha value is -2.44. The van der Waals surface area contributed by atoms with Crippen LogP contribution >= 0.6 is 0 Å². The van der Waals surface area contributed by atoms with Gasteiger partial charge in [-0.1, -0.05) is 44.2 Å². The number of rotatable bonds is 7. The second-order valence-corrected chi connectivity index (χ2v) is 7.59. The smallest absolute Gasteiger partial charge is 0.261 e. The van der Waals surface area contributed by atoms with Gasteiger partial charge in [0.2, 0.25) is 0 Å². The highest BCUT2D eigenvalue weighted by molar-refractivity contribution is 7.92. The van der Waals surface area contributed by atoms with Crippen molar-refractivity contribution in [2.45, 2.75) is 24.7 Å². The Kier molecular flexibility index (Phi) is 6.12. The minimum atomic E-state index is -3.73. The number of carbonyl (C=O) groups excluding carboxylic acids is 1. The van der Waals surface area contributed by atoms with E-state index in [9.17, 15) is 13.2 Å². The molecule has 0 spiro atoms. The fraction of sp³-hybridized carbons (Fsp3) is 0.211. The van der Waals surface area contributed by atoms with Gasteiger partial charge in [-0.25, -0.2) is 8.42 Å². The molecule has 0 aliphatic heterocycles. The van der Waals surface area contributed by atoms with E-state index in [0.29, 0.717) is 17.2 Å². The maximum absolute atomic E-state index is 12.5. The third-order valence-corrected chi connectivity index (χ3v) is 4.99. The normalized spacial score (nSPS) is 11.8. The summed E-state index contributed by atoms with van der Waals surface area (Å²) in [5.41, 5.74) is 2.17. The summed E-state index contributed by atoms with van der Waals surface area (Å²) in [6, 6.07) is 13.5. The van der Waals surface area contributed by atoms with Crippen LogP contribution < -0.4 is 4.72 Å². The Morgan fingerprint density at radius 2 is 1.84 bits per heavy atom. The summed E-state index contributed by atoms with van der Waals surface area (Å²) in [5, 5.41) is 8.71. The van der Waals surface area contributed by atoms with Crippen molar-refractivity contribution in [1.29, 1.82) is 0 Å². The van der Waals surface area contributed by atoms with E-state index in [-0.39, 0.29) is 4.90 Å². The summed E-state index contributed by atoms with van der Waals surface area (Å²) in [5.74, 6) is -0.0765. The Labute approximate surface area is 148 Å². The highest BCUT2D eigenvalue weighted by Crippen LogP contribution is 2.21. The van der Waals surface area contributed by atoms with Crippen LogP contribution in [0.15, 0.2) is 59.5 Å². The lowest BCUT2D eigenvalue weighted by atomic mass is 10.0. The van der Waals surface area contributed by atoms with E-state index in [2.05, 4.69) is 18.6 Å². The first-order valence-corrected chi connectivity index (χ1v) is 9.35. The van der Waals surface area contributed by atoms with Gasteiger partial charge in [0.05, 0.1) is 4.90 Å². The molecule has 5 nitrogen and oxygen atoms in total. The van der Waals surface area contributed by atoms with Crippen molar-refractivity contribution >= 4 is 27.6 Å². The Bertz CT molecular complexity index is 869. The minimum Gasteiger partial charge on any atom is -0.388 e. The molecule has 0 saturated carbocycles. The lowest BCUT2D eigenvalue weighted by Crippen LogP contribution is -2.13. The maximum Gasteiger partial charge on any atom is 0.261 e. The van der Waals surface area contributed by atoms with Crippen molar-refractivity contribution < 1.29 is 18.3 Å². The number of benzene rings is 2. The number of carbonyl (C=O) groups is 1.